The SMILES string of the molecule is CO[C@@H]1C[C@@H](C)O[C@H]2O[C@@H]3C[C@H]4CC[C@@H]5[C@H]([C@H](O)C(=O)[C@]6(C)[C@@H](C7=CC(=O)OC7)CC[C@]56O)[C@@]4(C)C[C@H]3O[C@]21O. The Balaban J connectivity index is 1.21. The second-order valence-corrected chi connectivity index (χ2v) is 14.0. The molecule has 7 rings (SSSR count). The lowest BCUT2D eigenvalue weighted by Crippen LogP contribution is -2.73. The number of fused-ring (bicyclic) bond motifs is 7. The molecule has 0 aromatic heterocycles. The summed E-state index contributed by atoms with van der Waals surface area (Å²) in [6, 6.07) is 0. The third-order valence-corrected chi connectivity index (χ3v) is 12.4. The number of Topliss-reactive ketones (excluding diaryl/α,β-unsaturated/α-hetero) is 1. The van der Waals surface area contributed by atoms with Gasteiger partial charge >= 0.3 is 5.97 Å². The third-order valence-electron chi connectivity index (χ3n) is 12.4. The van der Waals surface area contributed by atoms with Gasteiger partial charge in [-0.3, -0.25) is 4.79 Å². The first-order valence-electron chi connectivity index (χ1n) is 14.9. The van der Waals surface area contributed by atoms with Crippen LogP contribution in [0.2, 0.25) is 0 Å². The number of rotatable bonds is 2. The summed E-state index contributed by atoms with van der Waals surface area (Å²) in [4.78, 5) is 26.1. The van der Waals surface area contributed by atoms with Gasteiger partial charge in [-0.25, -0.2) is 4.79 Å². The van der Waals surface area contributed by atoms with Gasteiger partial charge in [0.15, 0.2) is 5.78 Å². The van der Waals surface area contributed by atoms with E-state index >= 15 is 0 Å². The van der Waals surface area contributed by atoms with E-state index in [9.17, 15) is 24.9 Å². The first-order valence-corrected chi connectivity index (χ1v) is 14.9. The fourth-order valence-electron chi connectivity index (χ4n) is 10.4. The van der Waals surface area contributed by atoms with Crippen LogP contribution in [0.15, 0.2) is 11.6 Å². The van der Waals surface area contributed by atoms with Crippen molar-refractivity contribution in [2.24, 2.45) is 34.5 Å². The van der Waals surface area contributed by atoms with E-state index in [1.54, 1.807) is 6.92 Å². The van der Waals surface area contributed by atoms with Crippen LogP contribution < -0.4 is 0 Å². The van der Waals surface area contributed by atoms with Gasteiger partial charge in [-0.05, 0) is 81.1 Å². The van der Waals surface area contributed by atoms with Crippen LogP contribution in [-0.4, -0.2) is 89.0 Å². The molecule has 4 saturated carbocycles. The summed E-state index contributed by atoms with van der Waals surface area (Å²) in [7, 11) is 1.54. The summed E-state index contributed by atoms with van der Waals surface area (Å²) in [6.07, 6.45) is 1.77. The molecule has 0 bridgehead atoms. The molecule has 222 valence electrons. The predicted molar refractivity (Wildman–Crippen MR) is 137 cm³/mol. The summed E-state index contributed by atoms with van der Waals surface area (Å²) in [6.45, 7) is 5.94. The van der Waals surface area contributed by atoms with Crippen LogP contribution in [0.3, 0.4) is 0 Å². The van der Waals surface area contributed by atoms with E-state index < -0.39 is 58.7 Å². The van der Waals surface area contributed by atoms with Gasteiger partial charge in [-0.15, -0.1) is 0 Å². The first kappa shape index (κ1) is 27.4. The maximum absolute atomic E-state index is 14.2. The molecule has 4 aliphatic carbocycles. The summed E-state index contributed by atoms with van der Waals surface area (Å²) >= 11 is 0. The Labute approximate surface area is 234 Å². The van der Waals surface area contributed by atoms with Crippen molar-refractivity contribution in [2.75, 3.05) is 13.7 Å². The lowest BCUT2D eigenvalue weighted by atomic mass is 9.42. The molecule has 0 amide bonds. The number of carbonyl (C=O) groups is 2. The summed E-state index contributed by atoms with van der Waals surface area (Å²) in [5.74, 6) is -3.51. The number of cyclic esters (lactones) is 1. The normalized spacial score (nSPS) is 57.2. The fraction of sp³-hybridized carbons (Fsp3) is 0.867. The Morgan fingerprint density at radius 3 is 2.52 bits per heavy atom. The van der Waals surface area contributed by atoms with Crippen molar-refractivity contribution in [3.8, 4) is 0 Å². The second-order valence-electron chi connectivity index (χ2n) is 14.0. The van der Waals surface area contributed by atoms with E-state index in [2.05, 4.69) is 6.92 Å². The molecule has 0 radical (unpaired) electrons. The lowest BCUT2D eigenvalue weighted by molar-refractivity contribution is -0.460. The van der Waals surface area contributed by atoms with E-state index in [0.29, 0.717) is 38.5 Å². The number of hydrogen-bond acceptors (Lipinski definition) is 10. The Morgan fingerprint density at radius 2 is 1.82 bits per heavy atom. The number of carbonyl (C=O) groups excluding carboxylic acids is 2. The number of esters is 1. The number of aliphatic hydroxyl groups excluding tert-OH is 1. The minimum atomic E-state index is -1.76. The van der Waals surface area contributed by atoms with Crippen molar-refractivity contribution in [3.63, 3.8) is 0 Å². The highest BCUT2D eigenvalue weighted by molar-refractivity contribution is 5.93. The number of hydrogen-bond donors (Lipinski definition) is 3. The van der Waals surface area contributed by atoms with Crippen molar-refractivity contribution < 1.29 is 48.6 Å². The smallest absolute Gasteiger partial charge is 0.331 e. The largest absolute Gasteiger partial charge is 0.458 e. The van der Waals surface area contributed by atoms with Gasteiger partial charge in [0.1, 0.15) is 18.8 Å². The number of aliphatic hydroxyl groups is 3. The standard InChI is InChI=1S/C30H42O10/c1-14-9-21(36-4)30(35)26(38-14)39-19-11-16-5-6-18-23(27(16,2)12-20(19)40-30)24(32)25(33)28(3)17(7-8-29(18,28)34)15-10-22(31)37-13-15/h10,14,16-21,23-24,26,32,34-35H,5-9,11-13H2,1-4H3/t14-,16-,17-,18-,19-,20-,21-,23-,24+,26+,27+,28+,29+,30+/m1/s1. The summed E-state index contributed by atoms with van der Waals surface area (Å²) in [5.41, 5.74) is -2.31. The van der Waals surface area contributed by atoms with Crippen molar-refractivity contribution >= 4 is 11.8 Å². The zero-order chi connectivity index (χ0) is 28.4. The fourth-order valence-corrected chi connectivity index (χ4v) is 10.4. The molecular formula is C30H42O10. The molecule has 0 aromatic carbocycles. The summed E-state index contributed by atoms with van der Waals surface area (Å²) in [5, 5.41) is 35.9. The maximum Gasteiger partial charge on any atom is 0.331 e. The quantitative estimate of drug-likeness (QED) is 0.336. The highest BCUT2D eigenvalue weighted by Crippen LogP contribution is 2.69. The predicted octanol–water partition coefficient (Wildman–Crippen LogP) is 1.63. The molecule has 6 fully saturated rings. The van der Waals surface area contributed by atoms with E-state index in [1.807, 2.05) is 6.92 Å². The molecule has 14 atom stereocenters. The molecule has 0 spiro atoms. The van der Waals surface area contributed by atoms with Crippen LogP contribution in [-0.2, 0) is 33.3 Å². The Bertz CT molecular complexity index is 1140. The molecule has 10 heteroatoms. The molecular weight excluding hydrogens is 520 g/mol. The van der Waals surface area contributed by atoms with Crippen molar-refractivity contribution in [3.05, 3.63) is 11.6 Å². The molecule has 3 heterocycles. The minimum absolute atomic E-state index is 0.127. The van der Waals surface area contributed by atoms with Gasteiger partial charge in [0.05, 0.1) is 29.3 Å². The van der Waals surface area contributed by atoms with Crippen LogP contribution in [0.5, 0.6) is 0 Å². The highest BCUT2D eigenvalue weighted by atomic mass is 16.8. The molecule has 3 aliphatic heterocycles. The van der Waals surface area contributed by atoms with Crippen molar-refractivity contribution in [1.82, 2.24) is 0 Å². The van der Waals surface area contributed by atoms with Crippen LogP contribution in [0.25, 0.3) is 0 Å². The highest BCUT2D eigenvalue weighted by Gasteiger charge is 2.74. The number of ether oxygens (including phenoxy) is 5. The van der Waals surface area contributed by atoms with Crippen LogP contribution >= 0.6 is 0 Å². The zero-order valence-corrected chi connectivity index (χ0v) is 23.7. The van der Waals surface area contributed by atoms with E-state index in [-0.39, 0.29) is 42.4 Å². The topological polar surface area (TPSA) is 141 Å². The van der Waals surface area contributed by atoms with Gasteiger partial charge in [-0.1, -0.05) is 6.92 Å². The molecule has 10 nitrogen and oxygen atoms in total. The number of methoxy groups -OCH3 is 1. The lowest BCUT2D eigenvalue weighted by Gasteiger charge is -2.66. The monoisotopic (exact) mass is 562 g/mol. The minimum Gasteiger partial charge on any atom is -0.458 e. The second kappa shape index (κ2) is 8.81. The van der Waals surface area contributed by atoms with Crippen molar-refractivity contribution in [2.45, 2.75) is 114 Å². The van der Waals surface area contributed by atoms with E-state index in [1.165, 1.54) is 13.2 Å². The van der Waals surface area contributed by atoms with Crippen molar-refractivity contribution in [1.29, 1.82) is 0 Å². The summed E-state index contributed by atoms with van der Waals surface area (Å²) < 4.78 is 29.5. The van der Waals surface area contributed by atoms with Gasteiger partial charge in [0.2, 0.25) is 12.1 Å². The average molecular weight is 563 g/mol. The molecule has 40 heavy (non-hydrogen) atoms. The van der Waals surface area contributed by atoms with Crippen LogP contribution in [0.1, 0.15) is 65.7 Å². The molecule has 0 aromatic rings. The Morgan fingerprint density at radius 1 is 1.05 bits per heavy atom. The molecule has 3 N–H and O–H groups in total. The van der Waals surface area contributed by atoms with Gasteiger partial charge < -0.3 is 39.0 Å². The molecule has 0 unspecified atom stereocenters. The van der Waals surface area contributed by atoms with Gasteiger partial charge in [0, 0.05) is 25.5 Å². The third kappa shape index (κ3) is 3.35. The van der Waals surface area contributed by atoms with Crippen LogP contribution in [0, 0.1) is 34.5 Å². The van der Waals surface area contributed by atoms with E-state index in [0.717, 1.165) is 12.0 Å². The maximum atomic E-state index is 14.2. The number of ketones is 1. The Kier molecular flexibility index (Phi) is 6.04. The molecule has 7 aliphatic rings. The van der Waals surface area contributed by atoms with Gasteiger partial charge in [-0.2, -0.15) is 0 Å². The first-order chi connectivity index (χ1) is 18.9. The van der Waals surface area contributed by atoms with Crippen LogP contribution in [0.4, 0.5) is 0 Å². The van der Waals surface area contributed by atoms with Gasteiger partial charge in [0.25, 0.3) is 0 Å². The zero-order valence-electron chi connectivity index (χ0n) is 23.7. The Hall–Kier alpha value is -1.40. The average Bonchev–Trinajstić information content (AvgIpc) is 3.45. The van der Waals surface area contributed by atoms with E-state index in [4.69, 9.17) is 23.7 Å². The molecule has 2 saturated heterocycles.